The monoisotopic (exact) mass is 391 g/mol. The van der Waals surface area contributed by atoms with Crippen LogP contribution < -0.4 is 4.74 Å². The summed E-state index contributed by atoms with van der Waals surface area (Å²) in [6.07, 6.45) is 2.42. The van der Waals surface area contributed by atoms with Crippen LogP contribution in [-0.2, 0) is 4.79 Å². The molecule has 2 atom stereocenters. The Morgan fingerprint density at radius 3 is 2.79 bits per heavy atom. The predicted molar refractivity (Wildman–Crippen MR) is 109 cm³/mol. The van der Waals surface area contributed by atoms with Crippen molar-refractivity contribution in [2.24, 2.45) is 0 Å². The first kappa shape index (κ1) is 18.5. The first-order valence-corrected chi connectivity index (χ1v) is 10.3. The van der Waals surface area contributed by atoms with E-state index in [1.54, 1.807) is 42.5 Å². The van der Waals surface area contributed by atoms with Gasteiger partial charge < -0.3 is 9.64 Å². The van der Waals surface area contributed by atoms with E-state index in [1.165, 1.54) is 0 Å². The van der Waals surface area contributed by atoms with Gasteiger partial charge in [0.1, 0.15) is 10.8 Å². The molecule has 0 saturated carbocycles. The Labute approximate surface area is 168 Å². The highest BCUT2D eigenvalue weighted by Crippen LogP contribution is 2.36. The largest absolute Gasteiger partial charge is 0.481 e. The molecule has 1 amide bonds. The second-order valence-electron chi connectivity index (χ2n) is 6.96. The standard InChI is InChI=1S/C22H21N3O2S/c1-15(27-17-11-9-16(14-23)10-12-17)22(26)25-13-5-4-7-19(25)21-24-18-6-2-3-8-20(18)28-21/h2-3,6,8-12,15,19H,4-5,7,13H2,1H3. The van der Waals surface area contributed by atoms with Crippen molar-refractivity contribution >= 4 is 27.5 Å². The summed E-state index contributed by atoms with van der Waals surface area (Å²) in [6, 6.07) is 17.0. The lowest BCUT2D eigenvalue weighted by Gasteiger charge is -2.36. The Morgan fingerprint density at radius 1 is 1.25 bits per heavy atom. The number of para-hydroxylation sites is 1. The molecule has 0 radical (unpaired) electrons. The third-order valence-electron chi connectivity index (χ3n) is 5.03. The average molecular weight is 391 g/mol. The number of hydrogen-bond acceptors (Lipinski definition) is 5. The van der Waals surface area contributed by atoms with Crippen LogP contribution in [0.4, 0.5) is 0 Å². The Balaban J connectivity index is 1.52. The molecule has 0 N–H and O–H groups in total. The molecule has 1 aromatic heterocycles. The van der Waals surface area contributed by atoms with Gasteiger partial charge in [0, 0.05) is 6.54 Å². The van der Waals surface area contributed by atoms with E-state index in [9.17, 15) is 4.79 Å². The van der Waals surface area contributed by atoms with Crippen LogP contribution in [0, 0.1) is 11.3 Å². The number of hydrogen-bond donors (Lipinski definition) is 0. The maximum Gasteiger partial charge on any atom is 0.263 e. The van der Waals surface area contributed by atoms with Gasteiger partial charge in [0.05, 0.1) is 27.9 Å². The van der Waals surface area contributed by atoms with Crippen molar-refractivity contribution in [3.63, 3.8) is 0 Å². The van der Waals surface area contributed by atoms with Crippen molar-refractivity contribution in [3.8, 4) is 11.8 Å². The summed E-state index contributed by atoms with van der Waals surface area (Å²) in [5, 5.41) is 9.90. The number of carbonyl (C=O) groups is 1. The number of amides is 1. The van der Waals surface area contributed by atoms with Gasteiger partial charge in [0.2, 0.25) is 0 Å². The summed E-state index contributed by atoms with van der Waals surface area (Å²) in [5.41, 5.74) is 1.56. The third-order valence-corrected chi connectivity index (χ3v) is 6.16. The van der Waals surface area contributed by atoms with Gasteiger partial charge in [-0.3, -0.25) is 4.79 Å². The first-order valence-electron chi connectivity index (χ1n) is 9.48. The number of benzene rings is 2. The minimum Gasteiger partial charge on any atom is -0.481 e. The molecule has 28 heavy (non-hydrogen) atoms. The van der Waals surface area contributed by atoms with Crippen molar-refractivity contribution < 1.29 is 9.53 Å². The summed E-state index contributed by atoms with van der Waals surface area (Å²) >= 11 is 1.67. The van der Waals surface area contributed by atoms with E-state index in [0.717, 1.165) is 41.0 Å². The maximum atomic E-state index is 13.1. The van der Waals surface area contributed by atoms with Crippen LogP contribution in [0.15, 0.2) is 48.5 Å². The van der Waals surface area contributed by atoms with Crippen molar-refractivity contribution in [2.75, 3.05) is 6.54 Å². The van der Waals surface area contributed by atoms with Gasteiger partial charge in [-0.25, -0.2) is 4.98 Å². The SMILES string of the molecule is CC(Oc1ccc(C#N)cc1)C(=O)N1CCCCC1c1nc2ccccc2s1. The summed E-state index contributed by atoms with van der Waals surface area (Å²) in [7, 11) is 0. The van der Waals surface area contributed by atoms with Gasteiger partial charge in [0.15, 0.2) is 6.10 Å². The molecule has 1 fully saturated rings. The Kier molecular flexibility index (Phi) is 5.27. The highest BCUT2D eigenvalue weighted by molar-refractivity contribution is 7.18. The van der Waals surface area contributed by atoms with Gasteiger partial charge in [-0.1, -0.05) is 12.1 Å². The van der Waals surface area contributed by atoms with Gasteiger partial charge in [0.25, 0.3) is 5.91 Å². The van der Waals surface area contributed by atoms with Crippen LogP contribution in [0.1, 0.15) is 42.8 Å². The Morgan fingerprint density at radius 2 is 2.04 bits per heavy atom. The fourth-order valence-electron chi connectivity index (χ4n) is 3.58. The highest BCUT2D eigenvalue weighted by atomic mass is 32.1. The minimum absolute atomic E-state index is 0.00525. The second-order valence-corrected chi connectivity index (χ2v) is 8.02. The minimum atomic E-state index is -0.595. The molecule has 2 heterocycles. The molecule has 6 heteroatoms. The van der Waals surface area contributed by atoms with Crippen molar-refractivity contribution in [3.05, 3.63) is 59.1 Å². The molecule has 1 aliphatic rings. The molecule has 0 bridgehead atoms. The zero-order valence-electron chi connectivity index (χ0n) is 15.7. The summed E-state index contributed by atoms with van der Waals surface area (Å²) in [4.78, 5) is 19.9. The van der Waals surface area contributed by atoms with E-state index < -0.39 is 6.10 Å². The van der Waals surface area contributed by atoms with Gasteiger partial charge in [-0.2, -0.15) is 5.26 Å². The number of thiazole rings is 1. The zero-order chi connectivity index (χ0) is 19.5. The summed E-state index contributed by atoms with van der Waals surface area (Å²) in [6.45, 7) is 2.51. The second kappa shape index (κ2) is 7.99. The van der Waals surface area contributed by atoms with Crippen molar-refractivity contribution in [1.82, 2.24) is 9.88 Å². The van der Waals surface area contributed by atoms with Gasteiger partial charge in [-0.05, 0) is 62.6 Å². The molecule has 0 spiro atoms. The normalized spacial score (nSPS) is 17.9. The van der Waals surface area contributed by atoms with Crippen molar-refractivity contribution in [2.45, 2.75) is 38.3 Å². The topological polar surface area (TPSA) is 66.2 Å². The Bertz CT molecular complexity index is 989. The molecule has 5 nitrogen and oxygen atoms in total. The number of fused-ring (bicyclic) bond motifs is 1. The highest BCUT2D eigenvalue weighted by Gasteiger charge is 2.33. The number of piperidine rings is 1. The fraction of sp³-hybridized carbons (Fsp3) is 0.318. The van der Waals surface area contributed by atoms with Crippen molar-refractivity contribution in [1.29, 1.82) is 5.26 Å². The number of rotatable bonds is 4. The number of nitrogens with zero attached hydrogens (tertiary/aromatic N) is 3. The maximum absolute atomic E-state index is 13.1. The summed E-state index contributed by atoms with van der Waals surface area (Å²) < 4.78 is 7.00. The number of carbonyl (C=O) groups excluding carboxylic acids is 1. The van der Waals surface area contributed by atoms with Crippen LogP contribution in [0.3, 0.4) is 0 Å². The average Bonchev–Trinajstić information content (AvgIpc) is 3.18. The van der Waals surface area contributed by atoms with Crippen LogP contribution in [-0.4, -0.2) is 28.4 Å². The molecule has 142 valence electrons. The molecule has 2 aromatic carbocycles. The van der Waals surface area contributed by atoms with Crippen LogP contribution in [0.25, 0.3) is 10.2 Å². The first-order chi connectivity index (χ1) is 13.7. The lowest BCUT2D eigenvalue weighted by Crippen LogP contribution is -2.44. The molecule has 3 aromatic rings. The number of likely N-dealkylation sites (tertiary alicyclic amines) is 1. The van der Waals surface area contributed by atoms with E-state index in [0.29, 0.717) is 11.3 Å². The van der Waals surface area contributed by atoms with Gasteiger partial charge >= 0.3 is 0 Å². The zero-order valence-corrected chi connectivity index (χ0v) is 16.5. The van der Waals surface area contributed by atoms with Crippen LogP contribution >= 0.6 is 11.3 Å². The van der Waals surface area contributed by atoms with E-state index in [-0.39, 0.29) is 11.9 Å². The number of aromatic nitrogens is 1. The third kappa shape index (κ3) is 3.71. The molecular formula is C22H21N3O2S. The van der Waals surface area contributed by atoms with E-state index in [1.807, 2.05) is 23.1 Å². The fourth-order valence-corrected chi connectivity index (χ4v) is 4.70. The smallest absolute Gasteiger partial charge is 0.263 e. The molecule has 1 aliphatic heterocycles. The van der Waals surface area contributed by atoms with Crippen LogP contribution in [0.5, 0.6) is 5.75 Å². The molecule has 1 saturated heterocycles. The lowest BCUT2D eigenvalue weighted by molar-refractivity contribution is -0.142. The summed E-state index contributed by atoms with van der Waals surface area (Å²) in [5.74, 6) is 0.571. The molecular weight excluding hydrogens is 370 g/mol. The van der Waals surface area contributed by atoms with E-state index in [4.69, 9.17) is 15.0 Å². The van der Waals surface area contributed by atoms with Gasteiger partial charge in [-0.15, -0.1) is 11.3 Å². The quantitative estimate of drug-likeness (QED) is 0.647. The lowest BCUT2D eigenvalue weighted by atomic mass is 10.0. The van der Waals surface area contributed by atoms with Crippen LogP contribution in [0.2, 0.25) is 0 Å². The molecule has 4 rings (SSSR count). The van der Waals surface area contributed by atoms with E-state index >= 15 is 0 Å². The number of nitriles is 1. The Hall–Kier alpha value is -2.91. The predicted octanol–water partition coefficient (Wildman–Crippen LogP) is 4.69. The van der Waals surface area contributed by atoms with E-state index in [2.05, 4.69) is 12.1 Å². The number of ether oxygens (including phenoxy) is 1. The molecule has 2 unspecified atom stereocenters. The molecule has 0 aliphatic carbocycles.